The molecule has 0 aliphatic carbocycles. The zero-order valence-corrected chi connectivity index (χ0v) is 16.7. The number of benzene rings is 1. The molecule has 2 aromatic heterocycles. The van der Waals surface area contributed by atoms with Gasteiger partial charge in [-0.05, 0) is 43.2 Å². The van der Waals surface area contributed by atoms with Crippen LogP contribution in [0.25, 0.3) is 5.82 Å². The van der Waals surface area contributed by atoms with Crippen LogP contribution in [0.1, 0.15) is 11.1 Å². The lowest BCUT2D eigenvalue weighted by Gasteiger charge is -2.34. The van der Waals surface area contributed by atoms with E-state index >= 15 is 0 Å². The van der Waals surface area contributed by atoms with Crippen molar-refractivity contribution in [3.8, 4) is 5.82 Å². The second kappa shape index (κ2) is 7.33. The lowest BCUT2D eigenvalue weighted by molar-refractivity contribution is 0.383. The van der Waals surface area contributed by atoms with Crippen LogP contribution in [0.3, 0.4) is 0 Å². The fourth-order valence-electron chi connectivity index (χ4n) is 3.30. The Bertz CT molecular complexity index is 1060. The van der Waals surface area contributed by atoms with E-state index in [0.29, 0.717) is 36.9 Å². The van der Waals surface area contributed by atoms with Crippen molar-refractivity contribution in [2.75, 3.05) is 31.1 Å². The van der Waals surface area contributed by atoms with Crippen molar-refractivity contribution in [1.29, 1.82) is 0 Å². The van der Waals surface area contributed by atoms with Crippen molar-refractivity contribution in [3.63, 3.8) is 0 Å². The fourth-order valence-corrected chi connectivity index (χ4v) is 5.03. The number of aromatic nitrogens is 4. The van der Waals surface area contributed by atoms with Gasteiger partial charge in [-0.1, -0.05) is 12.1 Å². The molecule has 0 radical (unpaired) electrons. The van der Waals surface area contributed by atoms with Gasteiger partial charge in [0.15, 0.2) is 11.6 Å². The van der Waals surface area contributed by atoms with Crippen molar-refractivity contribution in [2.24, 2.45) is 0 Å². The molecule has 146 valence electrons. The average Bonchev–Trinajstić information content (AvgIpc) is 3.25. The highest BCUT2D eigenvalue weighted by Crippen LogP contribution is 2.23. The average molecular weight is 398 g/mol. The Morgan fingerprint density at radius 1 is 0.929 bits per heavy atom. The van der Waals surface area contributed by atoms with Crippen molar-refractivity contribution in [3.05, 3.63) is 60.2 Å². The zero-order valence-electron chi connectivity index (χ0n) is 15.9. The first kappa shape index (κ1) is 18.6. The first-order valence-electron chi connectivity index (χ1n) is 9.09. The van der Waals surface area contributed by atoms with Crippen LogP contribution in [0.15, 0.2) is 53.9 Å². The van der Waals surface area contributed by atoms with Crippen LogP contribution >= 0.6 is 0 Å². The van der Waals surface area contributed by atoms with Crippen LogP contribution in [0, 0.1) is 13.8 Å². The van der Waals surface area contributed by atoms with Crippen LogP contribution in [0.4, 0.5) is 5.82 Å². The summed E-state index contributed by atoms with van der Waals surface area (Å²) in [6.45, 7) is 5.72. The quantitative estimate of drug-likeness (QED) is 0.666. The van der Waals surface area contributed by atoms with Gasteiger partial charge in [-0.15, -0.1) is 10.2 Å². The summed E-state index contributed by atoms with van der Waals surface area (Å²) in [5.74, 6) is 1.44. The van der Waals surface area contributed by atoms with Gasteiger partial charge < -0.3 is 4.90 Å². The zero-order chi connectivity index (χ0) is 19.7. The summed E-state index contributed by atoms with van der Waals surface area (Å²) >= 11 is 0. The molecule has 1 aliphatic rings. The van der Waals surface area contributed by atoms with Gasteiger partial charge in [-0.2, -0.15) is 4.31 Å². The number of nitrogens with zero attached hydrogens (tertiary/aromatic N) is 6. The molecule has 0 amide bonds. The molecule has 1 aliphatic heterocycles. The molecule has 0 saturated carbocycles. The van der Waals surface area contributed by atoms with E-state index < -0.39 is 10.0 Å². The van der Waals surface area contributed by atoms with E-state index in [9.17, 15) is 8.42 Å². The van der Waals surface area contributed by atoms with E-state index in [2.05, 4.69) is 20.1 Å². The maximum atomic E-state index is 13.1. The SMILES string of the molecule is Cc1ccc(C)c(S(=O)(=O)N2CCN(c3ccc(-n4ccnc4)nn3)CC2)c1. The Kier molecular flexibility index (Phi) is 4.86. The minimum absolute atomic E-state index is 0.394. The van der Waals surface area contributed by atoms with Gasteiger partial charge in [-0.25, -0.2) is 13.4 Å². The van der Waals surface area contributed by atoms with Crippen molar-refractivity contribution >= 4 is 15.8 Å². The van der Waals surface area contributed by atoms with Crippen molar-refractivity contribution in [1.82, 2.24) is 24.1 Å². The van der Waals surface area contributed by atoms with Crippen molar-refractivity contribution < 1.29 is 8.42 Å². The molecule has 0 spiro atoms. The maximum Gasteiger partial charge on any atom is 0.243 e. The molecule has 1 fully saturated rings. The van der Waals surface area contributed by atoms with E-state index in [1.165, 1.54) is 0 Å². The van der Waals surface area contributed by atoms with Crippen LogP contribution < -0.4 is 4.90 Å². The number of sulfonamides is 1. The molecule has 0 atom stereocenters. The summed E-state index contributed by atoms with van der Waals surface area (Å²) in [5, 5.41) is 8.52. The highest BCUT2D eigenvalue weighted by atomic mass is 32.2. The molecule has 1 saturated heterocycles. The van der Waals surface area contributed by atoms with Gasteiger partial charge in [0, 0.05) is 38.6 Å². The summed E-state index contributed by atoms with van der Waals surface area (Å²) in [5.41, 5.74) is 1.71. The number of anilines is 1. The summed E-state index contributed by atoms with van der Waals surface area (Å²) in [6.07, 6.45) is 5.16. The lowest BCUT2D eigenvalue weighted by Crippen LogP contribution is -2.49. The van der Waals surface area contributed by atoms with Gasteiger partial charge in [-0.3, -0.25) is 4.57 Å². The molecular formula is C19H22N6O2S. The van der Waals surface area contributed by atoms with Crippen LogP contribution in [-0.4, -0.2) is 58.7 Å². The molecule has 9 heteroatoms. The van der Waals surface area contributed by atoms with Gasteiger partial charge >= 0.3 is 0 Å². The first-order chi connectivity index (χ1) is 13.4. The molecule has 28 heavy (non-hydrogen) atoms. The molecule has 4 rings (SSSR count). The van der Waals surface area contributed by atoms with E-state index in [1.54, 1.807) is 33.7 Å². The predicted molar refractivity (Wildman–Crippen MR) is 106 cm³/mol. The minimum Gasteiger partial charge on any atom is -0.352 e. The van der Waals surface area contributed by atoms with Gasteiger partial charge in [0.05, 0.1) is 4.90 Å². The molecule has 0 bridgehead atoms. The van der Waals surface area contributed by atoms with Crippen molar-refractivity contribution in [2.45, 2.75) is 18.7 Å². The maximum absolute atomic E-state index is 13.1. The number of imidazole rings is 1. The second-order valence-corrected chi connectivity index (χ2v) is 8.79. The molecular weight excluding hydrogens is 376 g/mol. The highest BCUT2D eigenvalue weighted by molar-refractivity contribution is 7.89. The molecule has 1 aromatic carbocycles. The summed E-state index contributed by atoms with van der Waals surface area (Å²) in [4.78, 5) is 6.45. The number of aryl methyl sites for hydroxylation is 2. The van der Waals surface area contributed by atoms with Gasteiger partial charge in [0.2, 0.25) is 10.0 Å². The lowest BCUT2D eigenvalue weighted by atomic mass is 10.2. The van der Waals surface area contributed by atoms with Gasteiger partial charge in [0.25, 0.3) is 0 Å². The first-order valence-corrected chi connectivity index (χ1v) is 10.5. The summed E-state index contributed by atoms with van der Waals surface area (Å²) < 4.78 is 29.4. The molecule has 8 nitrogen and oxygen atoms in total. The molecule has 0 unspecified atom stereocenters. The Balaban J connectivity index is 1.46. The standard InChI is InChI=1S/C19H22N6O2S/c1-15-3-4-16(2)17(13-15)28(26,27)25-11-9-23(10-12-25)18-5-6-19(22-21-18)24-8-7-20-14-24/h3-8,13-14H,9-12H2,1-2H3. The normalized spacial score (nSPS) is 15.7. The van der Waals surface area contributed by atoms with E-state index in [-0.39, 0.29) is 0 Å². The Hall–Kier alpha value is -2.78. The predicted octanol–water partition coefficient (Wildman–Crippen LogP) is 1.79. The monoisotopic (exact) mass is 398 g/mol. The largest absolute Gasteiger partial charge is 0.352 e. The van der Waals surface area contributed by atoms with E-state index in [1.807, 2.05) is 38.1 Å². The Labute approximate surface area is 164 Å². The Morgan fingerprint density at radius 2 is 1.64 bits per heavy atom. The van der Waals surface area contributed by atoms with Gasteiger partial charge in [0.1, 0.15) is 6.33 Å². The second-order valence-electron chi connectivity index (χ2n) is 6.88. The number of hydrogen-bond donors (Lipinski definition) is 0. The van der Waals surface area contributed by atoms with Crippen LogP contribution in [-0.2, 0) is 10.0 Å². The Morgan fingerprint density at radius 3 is 2.29 bits per heavy atom. The highest BCUT2D eigenvalue weighted by Gasteiger charge is 2.30. The molecule has 0 N–H and O–H groups in total. The fraction of sp³-hybridized carbons (Fsp3) is 0.316. The van der Waals surface area contributed by atoms with Crippen LogP contribution in [0.5, 0.6) is 0 Å². The summed E-state index contributed by atoms with van der Waals surface area (Å²) in [7, 11) is -3.50. The number of rotatable bonds is 4. The number of piperazine rings is 1. The third-order valence-electron chi connectivity index (χ3n) is 4.93. The molecule has 3 aromatic rings. The number of hydrogen-bond acceptors (Lipinski definition) is 6. The summed E-state index contributed by atoms with van der Waals surface area (Å²) in [6, 6.07) is 9.31. The van der Waals surface area contributed by atoms with E-state index in [4.69, 9.17) is 0 Å². The van der Waals surface area contributed by atoms with Crippen LogP contribution in [0.2, 0.25) is 0 Å². The third-order valence-corrected chi connectivity index (χ3v) is 6.97. The third kappa shape index (κ3) is 3.50. The molecule has 3 heterocycles. The minimum atomic E-state index is -3.50. The van der Waals surface area contributed by atoms with E-state index in [0.717, 1.165) is 16.9 Å². The smallest absolute Gasteiger partial charge is 0.243 e. The topological polar surface area (TPSA) is 84.2 Å².